The summed E-state index contributed by atoms with van der Waals surface area (Å²) < 4.78 is 17.1. The standard InChI is InChI=1S/C17H19NO3S2/c1-21-14-7-9-15(10-8-14)22-13-17(19)18-11-12-23(20)16-5-3-2-4-6-16/h2-10H,11-13H2,1H3,(H,18,19). The van der Waals surface area contributed by atoms with Crippen LogP contribution in [0.2, 0.25) is 0 Å². The van der Waals surface area contributed by atoms with Gasteiger partial charge < -0.3 is 10.1 Å². The Morgan fingerprint density at radius 2 is 1.83 bits per heavy atom. The number of hydrogen-bond donors (Lipinski definition) is 1. The highest BCUT2D eigenvalue weighted by Crippen LogP contribution is 2.20. The average molecular weight is 349 g/mol. The fourth-order valence-corrected chi connectivity index (χ4v) is 3.56. The maximum atomic E-state index is 12.0. The molecule has 0 aromatic heterocycles. The van der Waals surface area contributed by atoms with Gasteiger partial charge in [0, 0.05) is 22.1 Å². The first kappa shape index (κ1) is 17.6. The van der Waals surface area contributed by atoms with Crippen molar-refractivity contribution >= 4 is 28.5 Å². The van der Waals surface area contributed by atoms with Gasteiger partial charge in [-0.25, -0.2) is 0 Å². The Labute approximate surface area is 143 Å². The quantitative estimate of drug-likeness (QED) is 0.745. The Balaban J connectivity index is 1.67. The van der Waals surface area contributed by atoms with E-state index in [0.29, 0.717) is 18.1 Å². The molecular weight excluding hydrogens is 330 g/mol. The number of ether oxygens (including phenoxy) is 1. The predicted octanol–water partition coefficient (Wildman–Crippen LogP) is 2.71. The summed E-state index contributed by atoms with van der Waals surface area (Å²) >= 11 is 1.46. The lowest BCUT2D eigenvalue weighted by atomic mass is 10.3. The lowest BCUT2D eigenvalue weighted by Gasteiger charge is -2.06. The Morgan fingerprint density at radius 3 is 2.48 bits per heavy atom. The summed E-state index contributed by atoms with van der Waals surface area (Å²) in [6, 6.07) is 16.8. The second-order valence-electron chi connectivity index (χ2n) is 4.68. The molecule has 0 bridgehead atoms. The zero-order valence-corrected chi connectivity index (χ0v) is 14.5. The smallest absolute Gasteiger partial charge is 0.230 e. The minimum atomic E-state index is -1.08. The third kappa shape index (κ3) is 6.08. The number of amides is 1. The molecule has 4 nitrogen and oxygen atoms in total. The number of nitrogens with one attached hydrogen (secondary N) is 1. The molecule has 0 fully saturated rings. The van der Waals surface area contributed by atoms with E-state index in [1.165, 1.54) is 11.8 Å². The van der Waals surface area contributed by atoms with E-state index in [0.717, 1.165) is 15.5 Å². The summed E-state index contributed by atoms with van der Waals surface area (Å²) in [5.41, 5.74) is 0. The van der Waals surface area contributed by atoms with Gasteiger partial charge in [-0.15, -0.1) is 11.8 Å². The van der Waals surface area contributed by atoms with E-state index in [1.54, 1.807) is 7.11 Å². The van der Waals surface area contributed by atoms with Crippen LogP contribution in [0, 0.1) is 0 Å². The molecule has 122 valence electrons. The lowest BCUT2D eigenvalue weighted by Crippen LogP contribution is -2.29. The Kier molecular flexibility index (Phi) is 7.16. The number of rotatable bonds is 8. The number of carbonyl (C=O) groups is 1. The van der Waals surface area contributed by atoms with Gasteiger partial charge in [-0.05, 0) is 36.4 Å². The molecule has 1 N–H and O–H groups in total. The van der Waals surface area contributed by atoms with E-state index in [9.17, 15) is 9.00 Å². The van der Waals surface area contributed by atoms with Gasteiger partial charge >= 0.3 is 0 Å². The fraction of sp³-hybridized carbons (Fsp3) is 0.235. The van der Waals surface area contributed by atoms with Crippen molar-refractivity contribution in [1.82, 2.24) is 5.32 Å². The predicted molar refractivity (Wildman–Crippen MR) is 94.4 cm³/mol. The van der Waals surface area contributed by atoms with E-state index < -0.39 is 10.8 Å². The third-order valence-corrected chi connectivity index (χ3v) is 5.43. The second kappa shape index (κ2) is 9.37. The number of methoxy groups -OCH3 is 1. The van der Waals surface area contributed by atoms with Crippen LogP contribution in [0.3, 0.4) is 0 Å². The van der Waals surface area contributed by atoms with Crippen LogP contribution >= 0.6 is 11.8 Å². The highest BCUT2D eigenvalue weighted by Gasteiger charge is 2.06. The Morgan fingerprint density at radius 1 is 1.13 bits per heavy atom. The molecule has 2 aromatic carbocycles. The maximum absolute atomic E-state index is 12.0. The van der Waals surface area contributed by atoms with Gasteiger partial charge in [0.25, 0.3) is 0 Å². The molecule has 0 spiro atoms. The molecule has 0 saturated heterocycles. The van der Waals surface area contributed by atoms with Gasteiger partial charge in [-0.2, -0.15) is 0 Å². The van der Waals surface area contributed by atoms with Gasteiger partial charge in [0.1, 0.15) is 5.75 Å². The molecule has 6 heteroatoms. The van der Waals surface area contributed by atoms with E-state index in [4.69, 9.17) is 4.74 Å². The first-order valence-corrected chi connectivity index (χ1v) is 9.46. The minimum absolute atomic E-state index is 0.0594. The SMILES string of the molecule is COc1ccc(SCC(=O)NCCS(=O)c2ccccc2)cc1. The molecule has 0 heterocycles. The zero-order chi connectivity index (χ0) is 16.5. The van der Waals surface area contributed by atoms with Gasteiger partial charge in [-0.3, -0.25) is 9.00 Å². The summed E-state index contributed by atoms with van der Waals surface area (Å²) in [7, 11) is 0.541. The second-order valence-corrected chi connectivity index (χ2v) is 7.30. The van der Waals surface area contributed by atoms with E-state index >= 15 is 0 Å². The number of thioether (sulfide) groups is 1. The van der Waals surface area contributed by atoms with Crippen LogP contribution < -0.4 is 10.1 Å². The lowest BCUT2D eigenvalue weighted by molar-refractivity contribution is -0.118. The molecular formula is C17H19NO3S2. The molecule has 1 amide bonds. The van der Waals surface area contributed by atoms with E-state index in [-0.39, 0.29) is 5.91 Å². The molecule has 2 aromatic rings. The molecule has 2 rings (SSSR count). The number of carbonyl (C=O) groups excluding carboxylic acids is 1. The molecule has 1 atom stereocenters. The van der Waals surface area contributed by atoms with Gasteiger partial charge in [0.2, 0.25) is 5.91 Å². The largest absolute Gasteiger partial charge is 0.497 e. The minimum Gasteiger partial charge on any atom is -0.497 e. The maximum Gasteiger partial charge on any atom is 0.230 e. The monoisotopic (exact) mass is 349 g/mol. The van der Waals surface area contributed by atoms with Crippen molar-refractivity contribution < 1.29 is 13.7 Å². The normalized spacial score (nSPS) is 11.7. The summed E-state index contributed by atoms with van der Waals surface area (Å²) in [5, 5.41) is 2.80. The van der Waals surface area contributed by atoms with Crippen molar-refractivity contribution in [3.05, 3.63) is 54.6 Å². The molecule has 0 radical (unpaired) electrons. The summed E-state index contributed by atoms with van der Waals surface area (Å²) in [6.07, 6.45) is 0. The van der Waals surface area contributed by atoms with Crippen LogP contribution in [0.1, 0.15) is 0 Å². The van der Waals surface area contributed by atoms with Crippen molar-refractivity contribution in [3.63, 3.8) is 0 Å². The third-order valence-electron chi connectivity index (χ3n) is 3.05. The zero-order valence-electron chi connectivity index (χ0n) is 12.9. The molecule has 1 unspecified atom stereocenters. The molecule has 0 aliphatic heterocycles. The topological polar surface area (TPSA) is 55.4 Å². The van der Waals surface area contributed by atoms with E-state index in [2.05, 4.69) is 5.32 Å². The van der Waals surface area contributed by atoms with Crippen molar-refractivity contribution in [2.75, 3.05) is 25.2 Å². The highest BCUT2D eigenvalue weighted by atomic mass is 32.2. The molecule has 0 aliphatic rings. The average Bonchev–Trinajstić information content (AvgIpc) is 2.61. The summed E-state index contributed by atoms with van der Waals surface area (Å²) in [6.45, 7) is 0.406. The van der Waals surface area contributed by atoms with Crippen LogP contribution in [0.15, 0.2) is 64.4 Å². The van der Waals surface area contributed by atoms with Crippen LogP contribution in [0.25, 0.3) is 0 Å². The summed E-state index contributed by atoms with van der Waals surface area (Å²) in [5.74, 6) is 1.49. The Bertz CT molecular complexity index is 645. The van der Waals surface area contributed by atoms with Crippen molar-refractivity contribution in [1.29, 1.82) is 0 Å². The van der Waals surface area contributed by atoms with Crippen LogP contribution in [0.5, 0.6) is 5.75 Å². The molecule has 0 aliphatic carbocycles. The van der Waals surface area contributed by atoms with Gasteiger partial charge in [0.15, 0.2) is 0 Å². The Hall–Kier alpha value is -1.79. The van der Waals surface area contributed by atoms with Gasteiger partial charge in [0.05, 0.1) is 23.7 Å². The molecule has 0 saturated carbocycles. The van der Waals surface area contributed by atoms with Crippen molar-refractivity contribution in [2.45, 2.75) is 9.79 Å². The number of benzene rings is 2. The van der Waals surface area contributed by atoms with Crippen LogP contribution in [-0.4, -0.2) is 35.3 Å². The van der Waals surface area contributed by atoms with Crippen LogP contribution in [-0.2, 0) is 15.6 Å². The van der Waals surface area contributed by atoms with Crippen molar-refractivity contribution in [3.8, 4) is 5.75 Å². The van der Waals surface area contributed by atoms with E-state index in [1.807, 2.05) is 54.6 Å². The van der Waals surface area contributed by atoms with Gasteiger partial charge in [-0.1, -0.05) is 18.2 Å². The van der Waals surface area contributed by atoms with Crippen LogP contribution in [0.4, 0.5) is 0 Å². The first-order chi connectivity index (χ1) is 11.2. The molecule has 23 heavy (non-hydrogen) atoms. The van der Waals surface area contributed by atoms with Crippen molar-refractivity contribution in [2.24, 2.45) is 0 Å². The summed E-state index contributed by atoms with van der Waals surface area (Å²) in [4.78, 5) is 13.6. The number of hydrogen-bond acceptors (Lipinski definition) is 4. The first-order valence-electron chi connectivity index (χ1n) is 7.16. The highest BCUT2D eigenvalue weighted by molar-refractivity contribution is 8.00. The fourth-order valence-electron chi connectivity index (χ4n) is 1.85.